The van der Waals surface area contributed by atoms with Crippen molar-refractivity contribution < 1.29 is 0 Å². The lowest BCUT2D eigenvalue weighted by atomic mass is 9.68. The van der Waals surface area contributed by atoms with Gasteiger partial charge in [-0.15, -0.1) is 0 Å². The van der Waals surface area contributed by atoms with E-state index in [1.807, 2.05) is 30.3 Å². The van der Waals surface area contributed by atoms with Gasteiger partial charge >= 0.3 is 0 Å². The Hall–Kier alpha value is -15.9. The molecule has 0 radical (unpaired) electrons. The van der Waals surface area contributed by atoms with E-state index >= 15 is 0 Å². The van der Waals surface area contributed by atoms with Crippen molar-refractivity contribution in [1.82, 2.24) is 19.9 Å². The van der Waals surface area contributed by atoms with Crippen LogP contribution in [0.15, 0.2) is 413 Å². The van der Waals surface area contributed by atoms with E-state index < -0.39 is 10.8 Å². The maximum absolute atomic E-state index is 8.42. The highest BCUT2D eigenvalue weighted by Crippen LogP contribution is 2.68. The fourth-order valence-electron chi connectivity index (χ4n) is 19.5. The summed E-state index contributed by atoms with van der Waals surface area (Å²) in [5.74, 6) is 1.32. The average Bonchev–Trinajstić information content (AvgIpc) is 1.51. The van der Waals surface area contributed by atoms with Gasteiger partial charge in [-0.05, 0) is 162 Å². The third kappa shape index (κ3) is 10.8. The molecule has 0 atom stereocenters. The zero-order chi connectivity index (χ0) is 78.4. The van der Waals surface area contributed by atoms with Crippen molar-refractivity contribution in [2.24, 2.45) is 0 Å². The van der Waals surface area contributed by atoms with E-state index in [2.05, 4.69) is 392 Å². The molecule has 17 aromatic carbocycles. The van der Waals surface area contributed by atoms with Crippen molar-refractivity contribution in [3.63, 3.8) is 0 Å². The van der Waals surface area contributed by atoms with Gasteiger partial charge in [0.05, 0.1) is 46.7 Å². The normalized spacial score (nSPS) is 12.7. The molecule has 0 N–H and O–H groups in total. The summed E-state index contributed by atoms with van der Waals surface area (Å²) in [6.07, 6.45) is 0. The molecule has 546 valence electrons. The van der Waals surface area contributed by atoms with Crippen LogP contribution in [0.1, 0.15) is 44.5 Å². The molecule has 6 nitrogen and oxygen atoms in total. The van der Waals surface area contributed by atoms with Gasteiger partial charge in [0.15, 0.2) is 23.0 Å². The van der Waals surface area contributed by atoms with Crippen LogP contribution in [0.4, 0.5) is 11.4 Å². The van der Waals surface area contributed by atoms with Gasteiger partial charge in [-0.25, -0.2) is 29.6 Å². The van der Waals surface area contributed by atoms with E-state index in [-0.39, 0.29) is 0 Å². The number of nitrogens with zero attached hydrogens (tertiary/aromatic N) is 6. The fraction of sp³-hybridized carbons (Fsp3) is 0.0179. The molecule has 0 unspecified atom stereocenters. The summed E-state index contributed by atoms with van der Waals surface area (Å²) in [5.41, 5.74) is 37.2. The van der Waals surface area contributed by atoms with Gasteiger partial charge in [0.1, 0.15) is 0 Å². The van der Waals surface area contributed by atoms with Crippen LogP contribution in [-0.4, -0.2) is 19.9 Å². The van der Waals surface area contributed by atoms with Crippen molar-refractivity contribution in [3.05, 3.63) is 480 Å². The molecule has 0 fully saturated rings. The minimum atomic E-state index is -0.642. The average molecular weight is 1500 g/mol. The van der Waals surface area contributed by atoms with Gasteiger partial charge in [0.2, 0.25) is 0 Å². The first-order valence-corrected chi connectivity index (χ1v) is 40.0. The van der Waals surface area contributed by atoms with Crippen molar-refractivity contribution in [2.45, 2.75) is 10.8 Å². The summed E-state index contributed by atoms with van der Waals surface area (Å²) < 4.78 is 0. The monoisotopic (exact) mass is 1500 g/mol. The van der Waals surface area contributed by atoms with Crippen molar-refractivity contribution >= 4 is 22.1 Å². The lowest BCUT2D eigenvalue weighted by molar-refractivity contribution is 0.794. The van der Waals surface area contributed by atoms with Gasteiger partial charge in [-0.1, -0.05) is 394 Å². The number of rotatable bonds is 10. The summed E-state index contributed by atoms with van der Waals surface area (Å²) in [6, 6.07) is 146. The number of fused-ring (bicyclic) bond motifs is 21. The summed E-state index contributed by atoms with van der Waals surface area (Å²) in [4.78, 5) is 29.6. The molecule has 4 aliphatic rings. The van der Waals surface area contributed by atoms with Crippen molar-refractivity contribution in [2.75, 3.05) is 0 Å². The molecular formula is C112H68N6. The van der Waals surface area contributed by atoms with E-state index in [0.717, 1.165) is 128 Å². The van der Waals surface area contributed by atoms with Crippen LogP contribution in [0.5, 0.6) is 0 Å². The molecule has 2 heterocycles. The fourth-order valence-corrected chi connectivity index (χ4v) is 19.5. The Labute approximate surface area is 685 Å². The molecule has 118 heavy (non-hydrogen) atoms. The first-order chi connectivity index (χ1) is 58.4. The summed E-state index contributed by atoms with van der Waals surface area (Å²) in [6.45, 7) is 16.8. The van der Waals surface area contributed by atoms with Crippen LogP contribution in [0.3, 0.4) is 0 Å². The van der Waals surface area contributed by atoms with Gasteiger partial charge < -0.3 is 0 Å². The molecule has 4 aliphatic carbocycles. The van der Waals surface area contributed by atoms with E-state index in [0.29, 0.717) is 23.0 Å². The van der Waals surface area contributed by atoms with Crippen molar-refractivity contribution in [1.29, 1.82) is 0 Å². The molecule has 2 aromatic heterocycles. The van der Waals surface area contributed by atoms with Crippen molar-refractivity contribution in [3.8, 4) is 157 Å². The van der Waals surface area contributed by atoms with E-state index in [9.17, 15) is 0 Å². The maximum atomic E-state index is 8.42. The van der Waals surface area contributed by atoms with Gasteiger partial charge in [0.25, 0.3) is 0 Å². The van der Waals surface area contributed by atoms with Crippen LogP contribution in [-0.2, 0) is 10.8 Å². The zero-order valence-corrected chi connectivity index (χ0v) is 63.9. The number of aromatic nitrogens is 4. The van der Waals surface area contributed by atoms with E-state index in [1.165, 1.54) is 72.1 Å². The predicted molar refractivity (Wildman–Crippen MR) is 481 cm³/mol. The zero-order valence-electron chi connectivity index (χ0n) is 63.9. The Morgan fingerprint density at radius 3 is 1.06 bits per heavy atom. The quantitative estimate of drug-likeness (QED) is 0.128. The summed E-state index contributed by atoms with van der Waals surface area (Å²) in [5, 5.41) is 2.33. The van der Waals surface area contributed by atoms with Gasteiger partial charge in [0, 0.05) is 33.4 Å². The number of benzene rings is 17. The Kier molecular flexibility index (Phi) is 16.4. The predicted octanol–water partition coefficient (Wildman–Crippen LogP) is 28.6. The van der Waals surface area contributed by atoms with Crippen LogP contribution in [0.2, 0.25) is 0 Å². The van der Waals surface area contributed by atoms with E-state index in [1.54, 1.807) is 0 Å². The van der Waals surface area contributed by atoms with Crippen LogP contribution < -0.4 is 0 Å². The lowest BCUT2D eigenvalue weighted by Gasteiger charge is -2.32. The number of hydrogen-bond donors (Lipinski definition) is 0. The molecule has 23 rings (SSSR count). The third-order valence-electron chi connectivity index (χ3n) is 24.5. The highest BCUT2D eigenvalue weighted by molar-refractivity contribution is 6.07. The first-order valence-electron chi connectivity index (χ1n) is 40.0. The molecule has 6 heteroatoms. The molecule has 0 amide bonds. The number of hydrogen-bond acceptors (Lipinski definition) is 4. The maximum Gasteiger partial charge on any atom is 0.195 e. The lowest BCUT2D eigenvalue weighted by Crippen LogP contribution is -2.26. The minimum Gasteiger partial charge on any atom is -0.238 e. The second-order valence-electron chi connectivity index (χ2n) is 30.6. The second-order valence-corrected chi connectivity index (χ2v) is 30.6. The second kappa shape index (κ2) is 28.1. The molecule has 0 aliphatic heterocycles. The molecule has 2 spiro atoms. The molecule has 0 bridgehead atoms. The smallest absolute Gasteiger partial charge is 0.195 e. The molecular weight excluding hydrogens is 1430 g/mol. The Bertz CT molecular complexity index is 7190. The SMILES string of the molecule is [C-]#[N+]c1cccc2c1-c1c(-c3ccccc3-c3cc(-c4ccccc4)nc(-c4ccc5ccccc5c4)n3)cccc1C21c2ccccc2-c2ccccc21.[C-]#[N+]c1cccc2c1-c1cccc(-c3ccccc3-c3nc(-c4ccc(-c5ccccc5)cc4)cc(-c4ccc(-c5ccccc5)cc4)n3)c1C21c2ccccc2-c2ccccc21. The third-order valence-corrected chi connectivity index (χ3v) is 24.5. The summed E-state index contributed by atoms with van der Waals surface area (Å²) in [7, 11) is 0. The molecule has 19 aromatic rings. The highest BCUT2D eigenvalue weighted by atomic mass is 14.9. The standard InChI is InChI=1S/C60H37N3.C52H31N3/c1-61-54-29-15-28-53-57(54)50-25-14-24-48(58(50)60(53)51-26-12-10-21-46(51)47-22-11-13-27-52(47)60)45-20-8-9-23-49(45)59-62-55(43-34-30-41(31-35-43)39-16-4-2-5-17-39)38-56(63-59)44-36-32-42(33-37-44)40-18-6-3-7-19-40;1-53-46-28-14-27-45-50(46)49-41(23-13-26-44(49)52(45)42-24-11-9-20-38(42)39-21-10-12-25-43(39)52)37-19-7-8-22-40(37)48-32-47(34-16-3-2-4-17-34)54-51(55-48)36-30-29-33-15-5-6-18-35(33)31-36/h2-38H;2-32H. The van der Waals surface area contributed by atoms with Crippen LogP contribution in [0.25, 0.3) is 177 Å². The molecule has 0 saturated heterocycles. The van der Waals surface area contributed by atoms with Crippen LogP contribution in [0, 0.1) is 13.1 Å². The first kappa shape index (κ1) is 68.9. The van der Waals surface area contributed by atoms with Crippen LogP contribution >= 0.6 is 0 Å². The topological polar surface area (TPSA) is 60.3 Å². The summed E-state index contributed by atoms with van der Waals surface area (Å²) >= 11 is 0. The Balaban J connectivity index is 0.000000144. The van der Waals surface area contributed by atoms with E-state index in [4.69, 9.17) is 33.1 Å². The molecule has 0 saturated carbocycles. The van der Waals surface area contributed by atoms with Gasteiger partial charge in [-0.2, -0.15) is 0 Å². The Morgan fingerprint density at radius 2 is 0.517 bits per heavy atom. The Morgan fingerprint density at radius 1 is 0.186 bits per heavy atom. The highest BCUT2D eigenvalue weighted by Gasteiger charge is 2.55. The minimum absolute atomic E-state index is 0.553. The largest absolute Gasteiger partial charge is 0.238 e. The van der Waals surface area contributed by atoms with Gasteiger partial charge in [-0.3, -0.25) is 0 Å².